The van der Waals surface area contributed by atoms with Crippen LogP contribution in [0.4, 0.5) is 11.4 Å². The van der Waals surface area contributed by atoms with Crippen LogP contribution in [0.15, 0.2) is 36.5 Å². The summed E-state index contributed by atoms with van der Waals surface area (Å²) in [5.74, 6) is 0.977. The van der Waals surface area contributed by atoms with Gasteiger partial charge in [0.25, 0.3) is 5.91 Å². The Kier molecular flexibility index (Phi) is 6.49. The van der Waals surface area contributed by atoms with Crippen molar-refractivity contribution in [3.8, 4) is 11.5 Å². The van der Waals surface area contributed by atoms with E-state index in [1.165, 1.54) is 0 Å². The van der Waals surface area contributed by atoms with Crippen LogP contribution in [0.3, 0.4) is 0 Å². The van der Waals surface area contributed by atoms with Crippen molar-refractivity contribution in [2.75, 3.05) is 49.7 Å². The first-order chi connectivity index (χ1) is 13.2. The molecule has 1 fully saturated rings. The molecule has 0 spiro atoms. The van der Waals surface area contributed by atoms with Crippen LogP contribution in [0.25, 0.3) is 0 Å². The number of amides is 1. The van der Waals surface area contributed by atoms with E-state index in [0.29, 0.717) is 49.3 Å². The molecule has 1 aromatic heterocycles. The molecular formula is C20H25N3O4. The number of anilines is 2. The third-order valence-electron chi connectivity index (χ3n) is 4.16. The van der Waals surface area contributed by atoms with E-state index in [-0.39, 0.29) is 5.91 Å². The number of nitrogens with one attached hydrogen (secondary N) is 1. The van der Waals surface area contributed by atoms with Gasteiger partial charge in [-0.2, -0.15) is 0 Å². The van der Waals surface area contributed by atoms with Crippen LogP contribution in [-0.2, 0) is 4.74 Å². The highest BCUT2D eigenvalue weighted by Gasteiger charge is 2.16. The van der Waals surface area contributed by atoms with E-state index >= 15 is 0 Å². The van der Waals surface area contributed by atoms with E-state index < -0.39 is 0 Å². The molecule has 144 valence electrons. The van der Waals surface area contributed by atoms with Gasteiger partial charge in [0.15, 0.2) is 0 Å². The molecule has 1 saturated heterocycles. The lowest BCUT2D eigenvalue weighted by molar-refractivity contribution is 0.102. The summed E-state index contributed by atoms with van der Waals surface area (Å²) in [6, 6.07) is 9.08. The standard InChI is InChI=1S/C20H25N3O4/c1-3-26-16-5-6-19(27-4-2)17(14-16)22-20(24)18-13-15(7-8-21-18)23-9-11-25-12-10-23/h5-8,13-14H,3-4,9-12H2,1-2H3,(H,22,24). The highest BCUT2D eigenvalue weighted by atomic mass is 16.5. The lowest BCUT2D eigenvalue weighted by atomic mass is 10.2. The first kappa shape index (κ1) is 19.0. The molecule has 2 heterocycles. The minimum atomic E-state index is -0.292. The van der Waals surface area contributed by atoms with Crippen LogP contribution in [0.2, 0.25) is 0 Å². The van der Waals surface area contributed by atoms with Crippen molar-refractivity contribution >= 4 is 17.3 Å². The quantitative estimate of drug-likeness (QED) is 0.807. The number of pyridine rings is 1. The van der Waals surface area contributed by atoms with Crippen LogP contribution >= 0.6 is 0 Å². The Morgan fingerprint density at radius 1 is 1.15 bits per heavy atom. The second-order valence-electron chi connectivity index (χ2n) is 5.98. The molecule has 1 aromatic carbocycles. The van der Waals surface area contributed by atoms with Crippen molar-refractivity contribution in [3.05, 3.63) is 42.2 Å². The summed E-state index contributed by atoms with van der Waals surface area (Å²) < 4.78 is 16.5. The van der Waals surface area contributed by atoms with E-state index in [2.05, 4.69) is 15.2 Å². The Labute approximate surface area is 159 Å². The molecule has 0 aliphatic carbocycles. The van der Waals surface area contributed by atoms with Gasteiger partial charge in [0, 0.05) is 31.0 Å². The Hall–Kier alpha value is -2.80. The molecule has 0 radical (unpaired) electrons. The lowest BCUT2D eigenvalue weighted by Crippen LogP contribution is -2.36. The fraction of sp³-hybridized carbons (Fsp3) is 0.400. The number of carbonyl (C=O) groups excluding carboxylic acids is 1. The molecule has 0 unspecified atom stereocenters. The summed E-state index contributed by atoms with van der Waals surface area (Å²) >= 11 is 0. The Morgan fingerprint density at radius 3 is 2.67 bits per heavy atom. The monoisotopic (exact) mass is 371 g/mol. The third-order valence-corrected chi connectivity index (χ3v) is 4.16. The van der Waals surface area contributed by atoms with Crippen molar-refractivity contribution in [3.63, 3.8) is 0 Å². The maximum absolute atomic E-state index is 12.8. The molecule has 1 aliphatic heterocycles. The summed E-state index contributed by atoms with van der Waals surface area (Å²) in [7, 11) is 0. The normalized spacial score (nSPS) is 13.9. The number of rotatable bonds is 7. The molecule has 3 rings (SSSR count). The van der Waals surface area contributed by atoms with Gasteiger partial charge in [0.2, 0.25) is 0 Å². The fourth-order valence-corrected chi connectivity index (χ4v) is 2.89. The van der Waals surface area contributed by atoms with E-state index in [0.717, 1.165) is 18.8 Å². The van der Waals surface area contributed by atoms with Gasteiger partial charge >= 0.3 is 0 Å². The summed E-state index contributed by atoms with van der Waals surface area (Å²) in [5.41, 5.74) is 1.88. The van der Waals surface area contributed by atoms with Crippen molar-refractivity contribution in [1.29, 1.82) is 0 Å². The average molecular weight is 371 g/mol. The van der Waals surface area contributed by atoms with Gasteiger partial charge in [-0.3, -0.25) is 9.78 Å². The van der Waals surface area contributed by atoms with Crippen molar-refractivity contribution in [2.45, 2.75) is 13.8 Å². The molecule has 0 bridgehead atoms. The summed E-state index contributed by atoms with van der Waals surface area (Å²) in [6.45, 7) is 7.83. The van der Waals surface area contributed by atoms with E-state index in [1.807, 2.05) is 26.0 Å². The molecule has 7 heteroatoms. The number of aromatic nitrogens is 1. The minimum Gasteiger partial charge on any atom is -0.494 e. The summed E-state index contributed by atoms with van der Waals surface area (Å²) in [6.07, 6.45) is 1.65. The molecule has 1 amide bonds. The summed E-state index contributed by atoms with van der Waals surface area (Å²) in [4.78, 5) is 19.2. The maximum atomic E-state index is 12.8. The second-order valence-corrected chi connectivity index (χ2v) is 5.98. The van der Waals surface area contributed by atoms with Gasteiger partial charge in [-0.05, 0) is 38.1 Å². The Bertz CT molecular complexity index is 776. The Balaban J connectivity index is 1.79. The van der Waals surface area contributed by atoms with Gasteiger partial charge in [-0.1, -0.05) is 0 Å². The zero-order valence-corrected chi connectivity index (χ0v) is 15.7. The largest absolute Gasteiger partial charge is 0.494 e. The first-order valence-corrected chi connectivity index (χ1v) is 9.21. The first-order valence-electron chi connectivity index (χ1n) is 9.21. The number of ether oxygens (including phenoxy) is 3. The zero-order chi connectivity index (χ0) is 19.1. The SMILES string of the molecule is CCOc1ccc(OCC)c(NC(=O)c2cc(N3CCOCC3)ccn2)c1. The van der Waals surface area contributed by atoms with Crippen LogP contribution in [0.1, 0.15) is 24.3 Å². The molecular weight excluding hydrogens is 346 g/mol. The average Bonchev–Trinajstić information content (AvgIpc) is 2.71. The number of hydrogen-bond donors (Lipinski definition) is 1. The smallest absolute Gasteiger partial charge is 0.274 e. The number of nitrogens with zero attached hydrogens (tertiary/aromatic N) is 2. The fourth-order valence-electron chi connectivity index (χ4n) is 2.89. The maximum Gasteiger partial charge on any atom is 0.274 e. The predicted octanol–water partition coefficient (Wildman–Crippen LogP) is 2.97. The molecule has 0 atom stereocenters. The molecule has 2 aromatic rings. The Morgan fingerprint density at radius 2 is 1.93 bits per heavy atom. The van der Waals surface area contributed by atoms with E-state index in [4.69, 9.17) is 14.2 Å². The van der Waals surface area contributed by atoms with Crippen LogP contribution < -0.4 is 19.7 Å². The zero-order valence-electron chi connectivity index (χ0n) is 15.7. The number of morpholine rings is 1. The predicted molar refractivity (Wildman–Crippen MR) is 104 cm³/mol. The topological polar surface area (TPSA) is 72.9 Å². The van der Waals surface area contributed by atoms with Crippen LogP contribution in [0, 0.1) is 0 Å². The highest BCUT2D eigenvalue weighted by molar-refractivity contribution is 6.04. The van der Waals surface area contributed by atoms with Crippen LogP contribution in [0.5, 0.6) is 11.5 Å². The van der Waals surface area contributed by atoms with Crippen molar-refractivity contribution in [2.24, 2.45) is 0 Å². The molecule has 1 aliphatic rings. The highest BCUT2D eigenvalue weighted by Crippen LogP contribution is 2.30. The second kappa shape index (κ2) is 9.23. The van der Waals surface area contributed by atoms with Gasteiger partial charge in [-0.15, -0.1) is 0 Å². The van der Waals surface area contributed by atoms with E-state index in [9.17, 15) is 4.79 Å². The van der Waals surface area contributed by atoms with Gasteiger partial charge in [0.05, 0.1) is 32.1 Å². The van der Waals surface area contributed by atoms with Crippen molar-refractivity contribution < 1.29 is 19.0 Å². The van der Waals surface area contributed by atoms with Gasteiger partial charge in [0.1, 0.15) is 17.2 Å². The molecule has 7 nitrogen and oxygen atoms in total. The molecule has 27 heavy (non-hydrogen) atoms. The van der Waals surface area contributed by atoms with Crippen LogP contribution in [-0.4, -0.2) is 50.4 Å². The third kappa shape index (κ3) is 4.89. The van der Waals surface area contributed by atoms with Gasteiger partial charge < -0.3 is 24.4 Å². The lowest BCUT2D eigenvalue weighted by Gasteiger charge is -2.28. The van der Waals surface area contributed by atoms with Crippen molar-refractivity contribution in [1.82, 2.24) is 4.98 Å². The summed E-state index contributed by atoms with van der Waals surface area (Å²) in [5, 5.41) is 2.89. The number of hydrogen-bond acceptors (Lipinski definition) is 6. The minimum absolute atomic E-state index is 0.292. The number of benzene rings is 1. The van der Waals surface area contributed by atoms with E-state index in [1.54, 1.807) is 24.4 Å². The molecule has 0 saturated carbocycles. The van der Waals surface area contributed by atoms with Gasteiger partial charge in [-0.25, -0.2) is 0 Å². The number of carbonyl (C=O) groups is 1. The molecule has 1 N–H and O–H groups in total.